The SMILES string of the molecule is Cc1ccccn1.[CH3-].[Y].[Y].[Y]. The van der Waals surface area contributed by atoms with Crippen molar-refractivity contribution in [3.63, 3.8) is 0 Å². The van der Waals surface area contributed by atoms with Crippen molar-refractivity contribution in [2.75, 3.05) is 0 Å². The summed E-state index contributed by atoms with van der Waals surface area (Å²) in [6.45, 7) is 1.97. The first kappa shape index (κ1) is 23.4. The number of hydrogen-bond donors (Lipinski definition) is 0. The van der Waals surface area contributed by atoms with E-state index in [9.17, 15) is 0 Å². The van der Waals surface area contributed by atoms with Crippen molar-refractivity contribution < 1.29 is 98.1 Å². The molecule has 0 unspecified atom stereocenters. The minimum absolute atomic E-state index is 0. The van der Waals surface area contributed by atoms with Gasteiger partial charge >= 0.3 is 0 Å². The molecule has 0 aliphatic carbocycles. The van der Waals surface area contributed by atoms with Gasteiger partial charge in [-0.15, -0.1) is 0 Å². The summed E-state index contributed by atoms with van der Waals surface area (Å²) in [5.74, 6) is 0. The van der Waals surface area contributed by atoms with Crippen LogP contribution in [0.5, 0.6) is 0 Å². The minimum Gasteiger partial charge on any atom is -0.358 e. The predicted octanol–water partition coefficient (Wildman–Crippen LogP) is 1.83. The van der Waals surface area contributed by atoms with E-state index < -0.39 is 0 Å². The molecule has 4 heteroatoms. The van der Waals surface area contributed by atoms with Gasteiger partial charge in [0.15, 0.2) is 0 Å². The van der Waals surface area contributed by atoms with E-state index in [0.717, 1.165) is 5.69 Å². The summed E-state index contributed by atoms with van der Waals surface area (Å²) >= 11 is 0. The summed E-state index contributed by atoms with van der Waals surface area (Å²) in [5, 5.41) is 0. The van der Waals surface area contributed by atoms with Gasteiger partial charge in [0.2, 0.25) is 0 Å². The quantitative estimate of drug-likeness (QED) is 0.631. The van der Waals surface area contributed by atoms with Gasteiger partial charge in [-0.3, -0.25) is 4.98 Å². The molecule has 0 aromatic carbocycles. The van der Waals surface area contributed by atoms with Crippen LogP contribution in [-0.2, 0) is 98.1 Å². The van der Waals surface area contributed by atoms with Gasteiger partial charge in [0, 0.05) is 110 Å². The number of aryl methyl sites for hydroxylation is 1. The van der Waals surface area contributed by atoms with Crippen LogP contribution in [0.4, 0.5) is 0 Å². The fourth-order valence-electron chi connectivity index (χ4n) is 0.448. The predicted molar refractivity (Wildman–Crippen MR) is 35.4 cm³/mol. The molecule has 0 bridgehead atoms. The van der Waals surface area contributed by atoms with Crippen LogP contribution in [0.1, 0.15) is 5.69 Å². The number of rotatable bonds is 0. The molecule has 0 aliphatic heterocycles. The molecule has 1 heterocycles. The van der Waals surface area contributed by atoms with Crippen LogP contribution < -0.4 is 0 Å². The Labute approximate surface area is 145 Å². The molecular weight excluding hydrogens is 365 g/mol. The maximum atomic E-state index is 3.98. The maximum absolute atomic E-state index is 3.98. The third-order valence-electron chi connectivity index (χ3n) is 0.813. The topological polar surface area (TPSA) is 12.9 Å². The number of nitrogens with zero attached hydrogens (tertiary/aromatic N) is 1. The number of pyridine rings is 1. The summed E-state index contributed by atoms with van der Waals surface area (Å²) < 4.78 is 0. The molecule has 0 amide bonds. The standard InChI is InChI=1S/C6H7N.CH3.3Y/c1-6-4-2-3-5-7-6;;;;/h2-5H,1H3;1H3;;;/q;-1;;;. The molecule has 11 heavy (non-hydrogen) atoms. The fraction of sp³-hybridized carbons (Fsp3) is 0.143. The van der Waals surface area contributed by atoms with E-state index >= 15 is 0 Å². The third kappa shape index (κ3) is 12.5. The van der Waals surface area contributed by atoms with Crippen LogP contribution in [0, 0.1) is 14.4 Å². The van der Waals surface area contributed by atoms with Gasteiger partial charge in [0.05, 0.1) is 0 Å². The van der Waals surface area contributed by atoms with E-state index in [0.29, 0.717) is 0 Å². The number of hydrogen-bond acceptors (Lipinski definition) is 1. The molecule has 0 atom stereocenters. The molecule has 0 aliphatic rings. The van der Waals surface area contributed by atoms with Gasteiger partial charge in [-0.25, -0.2) is 0 Å². The molecule has 0 fully saturated rings. The molecular formula is C7H10NY3-. The zero-order valence-electron chi connectivity index (χ0n) is 6.99. The third-order valence-corrected chi connectivity index (χ3v) is 0.813. The van der Waals surface area contributed by atoms with Crippen molar-refractivity contribution in [1.29, 1.82) is 0 Å². The minimum atomic E-state index is 0. The Kier molecular flexibility index (Phi) is 31.8. The van der Waals surface area contributed by atoms with Gasteiger partial charge in [-0.1, -0.05) is 6.07 Å². The van der Waals surface area contributed by atoms with Crippen molar-refractivity contribution in [2.45, 2.75) is 6.92 Å². The second-order valence-electron chi connectivity index (χ2n) is 1.47. The summed E-state index contributed by atoms with van der Waals surface area (Å²) in [7, 11) is 0. The Bertz CT molecular complexity index is 144. The van der Waals surface area contributed by atoms with Crippen LogP contribution in [0.15, 0.2) is 24.4 Å². The second-order valence-corrected chi connectivity index (χ2v) is 1.47. The van der Waals surface area contributed by atoms with E-state index in [2.05, 4.69) is 4.98 Å². The van der Waals surface area contributed by atoms with Gasteiger partial charge in [0.25, 0.3) is 0 Å². The van der Waals surface area contributed by atoms with Crippen molar-refractivity contribution in [2.24, 2.45) is 0 Å². The molecule has 0 saturated carbocycles. The first-order valence-corrected chi connectivity index (χ1v) is 2.27. The normalized spacial score (nSPS) is 5.55. The van der Waals surface area contributed by atoms with Crippen molar-refractivity contribution in [3.05, 3.63) is 37.5 Å². The van der Waals surface area contributed by atoms with E-state index in [1.807, 2.05) is 25.1 Å². The zero-order valence-corrected chi connectivity index (χ0v) is 15.5. The summed E-state index contributed by atoms with van der Waals surface area (Å²) in [5.41, 5.74) is 1.07. The summed E-state index contributed by atoms with van der Waals surface area (Å²) in [6.07, 6.45) is 1.79. The van der Waals surface area contributed by atoms with Crippen LogP contribution in [-0.4, -0.2) is 4.98 Å². The Hall–Kier alpha value is 2.46. The molecule has 1 aromatic heterocycles. The van der Waals surface area contributed by atoms with Crippen molar-refractivity contribution in [3.8, 4) is 0 Å². The van der Waals surface area contributed by atoms with Crippen LogP contribution in [0.3, 0.4) is 0 Å². The average Bonchev–Trinajstić information content (AvgIpc) is 1.69. The molecule has 1 nitrogen and oxygen atoms in total. The van der Waals surface area contributed by atoms with Gasteiger partial charge in [-0.05, 0) is 19.1 Å². The molecule has 1 rings (SSSR count). The van der Waals surface area contributed by atoms with Crippen molar-refractivity contribution in [1.82, 2.24) is 4.98 Å². The van der Waals surface area contributed by atoms with E-state index in [4.69, 9.17) is 0 Å². The van der Waals surface area contributed by atoms with E-state index in [1.54, 1.807) is 6.20 Å². The monoisotopic (exact) mass is 375 g/mol. The zero-order chi connectivity index (χ0) is 5.11. The summed E-state index contributed by atoms with van der Waals surface area (Å²) in [4.78, 5) is 3.98. The maximum Gasteiger partial charge on any atom is 0.0372 e. The van der Waals surface area contributed by atoms with Crippen LogP contribution in [0.2, 0.25) is 0 Å². The smallest absolute Gasteiger partial charge is 0.0372 e. The molecule has 0 spiro atoms. The molecule has 3 radical (unpaired) electrons. The number of aromatic nitrogens is 1. The first-order valence-electron chi connectivity index (χ1n) is 2.27. The molecule has 0 N–H and O–H groups in total. The van der Waals surface area contributed by atoms with Gasteiger partial charge < -0.3 is 7.43 Å². The van der Waals surface area contributed by atoms with Crippen LogP contribution >= 0.6 is 0 Å². The van der Waals surface area contributed by atoms with E-state index in [1.165, 1.54) is 0 Å². The van der Waals surface area contributed by atoms with Gasteiger partial charge in [-0.2, -0.15) is 0 Å². The van der Waals surface area contributed by atoms with Crippen molar-refractivity contribution >= 4 is 0 Å². The summed E-state index contributed by atoms with van der Waals surface area (Å²) in [6, 6.07) is 5.86. The molecule has 53 valence electrons. The van der Waals surface area contributed by atoms with Crippen LogP contribution in [0.25, 0.3) is 0 Å². The Morgan fingerprint density at radius 1 is 1.09 bits per heavy atom. The Balaban J connectivity index is -0.0000000612. The molecule has 0 saturated heterocycles. The largest absolute Gasteiger partial charge is 0.358 e. The molecule has 1 aromatic rings. The Morgan fingerprint density at radius 2 is 1.64 bits per heavy atom. The average molecular weight is 375 g/mol. The fourth-order valence-corrected chi connectivity index (χ4v) is 0.448. The first-order chi connectivity index (χ1) is 3.39. The Morgan fingerprint density at radius 3 is 1.82 bits per heavy atom. The van der Waals surface area contributed by atoms with Gasteiger partial charge in [0.1, 0.15) is 0 Å². The second kappa shape index (κ2) is 15.0. The van der Waals surface area contributed by atoms with E-state index in [-0.39, 0.29) is 106 Å².